The molecule has 2 rings (SSSR count). The maximum absolute atomic E-state index is 10.9. The van der Waals surface area contributed by atoms with Gasteiger partial charge in [0.05, 0.1) is 10.5 Å². The van der Waals surface area contributed by atoms with Crippen molar-refractivity contribution in [2.24, 2.45) is 0 Å². The van der Waals surface area contributed by atoms with Crippen LogP contribution in [0.15, 0.2) is 29.6 Å². The third kappa shape index (κ3) is 3.25. The average molecular weight is 313 g/mol. The Hall–Kier alpha value is -2.12. The van der Waals surface area contributed by atoms with E-state index < -0.39 is 10.9 Å². The first kappa shape index (κ1) is 14.3. The fourth-order valence-corrected chi connectivity index (χ4v) is 2.54. The Morgan fingerprint density at radius 2 is 2.20 bits per heavy atom. The lowest BCUT2D eigenvalue weighted by atomic mass is 10.2. The minimum absolute atomic E-state index is 0.118. The zero-order chi connectivity index (χ0) is 14.7. The van der Waals surface area contributed by atoms with E-state index in [9.17, 15) is 14.9 Å². The highest BCUT2D eigenvalue weighted by Gasteiger charge is 2.14. The molecule has 0 unspecified atom stereocenters. The summed E-state index contributed by atoms with van der Waals surface area (Å²) >= 11 is 7.00. The summed E-state index contributed by atoms with van der Waals surface area (Å²) in [4.78, 5) is 21.9. The number of nitrogens with zero attached hydrogens (tertiary/aromatic N) is 1. The van der Waals surface area contributed by atoms with E-state index in [0.29, 0.717) is 12.2 Å². The highest BCUT2D eigenvalue weighted by Crippen LogP contribution is 2.28. The van der Waals surface area contributed by atoms with Crippen LogP contribution in [0.5, 0.6) is 0 Å². The van der Waals surface area contributed by atoms with Gasteiger partial charge in [0.15, 0.2) is 0 Å². The summed E-state index contributed by atoms with van der Waals surface area (Å²) in [5.74, 6) is -0.995. The quantitative estimate of drug-likeness (QED) is 0.649. The SMILES string of the molecule is O=C(O)c1csc(CNc2ccc(Cl)cc2[N+](=O)[O-])c1. The van der Waals surface area contributed by atoms with Crippen LogP contribution in [0.2, 0.25) is 5.02 Å². The van der Waals surface area contributed by atoms with Crippen molar-refractivity contribution in [1.82, 2.24) is 0 Å². The van der Waals surface area contributed by atoms with Gasteiger partial charge in [-0.3, -0.25) is 10.1 Å². The van der Waals surface area contributed by atoms with E-state index in [2.05, 4.69) is 5.32 Å². The van der Waals surface area contributed by atoms with Crippen molar-refractivity contribution in [1.29, 1.82) is 0 Å². The number of nitro benzene ring substituents is 1. The number of aromatic carboxylic acids is 1. The van der Waals surface area contributed by atoms with Gasteiger partial charge in [-0.05, 0) is 18.2 Å². The number of hydrogen-bond donors (Lipinski definition) is 2. The van der Waals surface area contributed by atoms with E-state index in [1.165, 1.54) is 34.9 Å². The van der Waals surface area contributed by atoms with Crippen molar-refractivity contribution in [3.05, 3.63) is 55.2 Å². The Labute approximate surface area is 122 Å². The van der Waals surface area contributed by atoms with Crippen molar-refractivity contribution < 1.29 is 14.8 Å². The molecule has 0 saturated carbocycles. The Balaban J connectivity index is 2.14. The third-order valence-corrected chi connectivity index (χ3v) is 3.68. The molecule has 0 amide bonds. The van der Waals surface area contributed by atoms with E-state index >= 15 is 0 Å². The van der Waals surface area contributed by atoms with E-state index in [1.54, 1.807) is 6.07 Å². The molecule has 6 nitrogen and oxygen atoms in total. The van der Waals surface area contributed by atoms with Crippen molar-refractivity contribution in [3.63, 3.8) is 0 Å². The van der Waals surface area contributed by atoms with Gasteiger partial charge in [0, 0.05) is 27.9 Å². The molecule has 0 fully saturated rings. The van der Waals surface area contributed by atoms with Crippen LogP contribution >= 0.6 is 22.9 Å². The molecule has 0 aliphatic rings. The smallest absolute Gasteiger partial charge is 0.336 e. The van der Waals surface area contributed by atoms with Crippen LogP contribution in [-0.2, 0) is 6.54 Å². The van der Waals surface area contributed by atoms with Crippen LogP contribution in [0.4, 0.5) is 11.4 Å². The van der Waals surface area contributed by atoms with Crippen molar-refractivity contribution in [3.8, 4) is 0 Å². The largest absolute Gasteiger partial charge is 0.478 e. The molecular weight excluding hydrogens is 304 g/mol. The lowest BCUT2D eigenvalue weighted by Crippen LogP contribution is -2.01. The maximum Gasteiger partial charge on any atom is 0.336 e. The van der Waals surface area contributed by atoms with E-state index in [4.69, 9.17) is 16.7 Å². The first-order valence-corrected chi connectivity index (χ1v) is 6.71. The Morgan fingerprint density at radius 3 is 2.80 bits per heavy atom. The normalized spacial score (nSPS) is 10.2. The second-order valence-corrected chi connectivity index (χ2v) is 5.31. The highest BCUT2D eigenvalue weighted by molar-refractivity contribution is 7.10. The molecule has 20 heavy (non-hydrogen) atoms. The summed E-state index contributed by atoms with van der Waals surface area (Å²) in [6, 6.07) is 5.86. The lowest BCUT2D eigenvalue weighted by Gasteiger charge is -2.05. The fraction of sp³-hybridized carbons (Fsp3) is 0.0833. The van der Waals surface area contributed by atoms with Gasteiger partial charge in [0.25, 0.3) is 5.69 Å². The molecule has 8 heteroatoms. The molecule has 0 bridgehead atoms. The molecule has 0 saturated heterocycles. The van der Waals surface area contributed by atoms with Crippen LogP contribution in [-0.4, -0.2) is 16.0 Å². The number of rotatable bonds is 5. The molecule has 0 aliphatic carbocycles. The zero-order valence-corrected chi connectivity index (χ0v) is 11.6. The van der Waals surface area contributed by atoms with Gasteiger partial charge in [-0.1, -0.05) is 11.6 Å². The number of nitrogens with one attached hydrogen (secondary N) is 1. The maximum atomic E-state index is 10.9. The summed E-state index contributed by atoms with van der Waals surface area (Å²) in [7, 11) is 0. The molecule has 104 valence electrons. The molecule has 1 aromatic carbocycles. The number of anilines is 1. The Morgan fingerprint density at radius 1 is 1.45 bits per heavy atom. The minimum Gasteiger partial charge on any atom is -0.478 e. The zero-order valence-electron chi connectivity index (χ0n) is 10.00. The molecule has 1 aromatic heterocycles. The summed E-state index contributed by atoms with van der Waals surface area (Å²) < 4.78 is 0. The molecule has 1 heterocycles. The van der Waals surface area contributed by atoms with Gasteiger partial charge < -0.3 is 10.4 Å². The number of nitro groups is 1. The van der Waals surface area contributed by atoms with E-state index in [0.717, 1.165) is 4.88 Å². The summed E-state index contributed by atoms with van der Waals surface area (Å²) in [6.07, 6.45) is 0. The first-order chi connectivity index (χ1) is 9.47. The molecule has 2 aromatic rings. The molecule has 0 radical (unpaired) electrons. The molecule has 0 atom stereocenters. The Kier molecular flexibility index (Phi) is 4.21. The monoisotopic (exact) mass is 312 g/mol. The van der Waals surface area contributed by atoms with Gasteiger partial charge in [-0.25, -0.2) is 4.79 Å². The van der Waals surface area contributed by atoms with Crippen molar-refractivity contribution in [2.45, 2.75) is 6.54 Å². The first-order valence-electron chi connectivity index (χ1n) is 5.46. The molecular formula is C12H9ClN2O4S. The predicted octanol–water partition coefficient (Wildman–Crippen LogP) is 3.62. The van der Waals surface area contributed by atoms with Gasteiger partial charge in [-0.15, -0.1) is 11.3 Å². The highest BCUT2D eigenvalue weighted by atomic mass is 35.5. The molecule has 0 spiro atoms. The topological polar surface area (TPSA) is 92.5 Å². The van der Waals surface area contributed by atoms with Crippen LogP contribution in [0.3, 0.4) is 0 Å². The van der Waals surface area contributed by atoms with Crippen LogP contribution in [0.1, 0.15) is 15.2 Å². The van der Waals surface area contributed by atoms with Gasteiger partial charge >= 0.3 is 5.97 Å². The van der Waals surface area contributed by atoms with Crippen LogP contribution < -0.4 is 5.32 Å². The predicted molar refractivity (Wildman–Crippen MR) is 76.7 cm³/mol. The van der Waals surface area contributed by atoms with Crippen LogP contribution in [0, 0.1) is 10.1 Å². The second-order valence-electron chi connectivity index (χ2n) is 3.88. The third-order valence-electron chi connectivity index (χ3n) is 2.51. The van der Waals surface area contributed by atoms with Crippen molar-refractivity contribution >= 4 is 40.3 Å². The molecule has 0 aliphatic heterocycles. The van der Waals surface area contributed by atoms with E-state index in [-0.39, 0.29) is 16.3 Å². The number of carboxylic acid groups (broad SMARTS) is 1. The fourth-order valence-electron chi connectivity index (χ4n) is 1.57. The van der Waals surface area contributed by atoms with Gasteiger partial charge in [-0.2, -0.15) is 0 Å². The minimum atomic E-state index is -0.995. The number of carbonyl (C=O) groups is 1. The number of carboxylic acids is 1. The van der Waals surface area contributed by atoms with Crippen LogP contribution in [0.25, 0.3) is 0 Å². The summed E-state index contributed by atoms with van der Waals surface area (Å²) in [6.45, 7) is 0.306. The number of thiophene rings is 1. The second kappa shape index (κ2) is 5.89. The van der Waals surface area contributed by atoms with Gasteiger partial charge in [0.1, 0.15) is 5.69 Å². The summed E-state index contributed by atoms with van der Waals surface area (Å²) in [5.41, 5.74) is 0.426. The lowest BCUT2D eigenvalue weighted by molar-refractivity contribution is -0.383. The number of benzene rings is 1. The molecule has 2 N–H and O–H groups in total. The Bertz CT molecular complexity index is 671. The van der Waals surface area contributed by atoms with Crippen molar-refractivity contribution in [2.75, 3.05) is 5.32 Å². The average Bonchev–Trinajstić information content (AvgIpc) is 2.86. The number of halogens is 1. The van der Waals surface area contributed by atoms with E-state index in [1.807, 2.05) is 0 Å². The standard InChI is InChI=1S/C12H9ClN2O4S/c13-8-1-2-10(11(4-8)15(18)19)14-5-9-3-7(6-20-9)12(16)17/h1-4,6,14H,5H2,(H,16,17). The van der Waals surface area contributed by atoms with Gasteiger partial charge in [0.2, 0.25) is 0 Å². The summed E-state index contributed by atoms with van der Waals surface area (Å²) in [5, 5.41) is 24.4. The number of hydrogen-bond acceptors (Lipinski definition) is 5.